The fourth-order valence-corrected chi connectivity index (χ4v) is 3.01. The van der Waals surface area contributed by atoms with E-state index in [1.807, 2.05) is 0 Å². The molecular weight excluding hydrogens is 272 g/mol. The zero-order valence-electron chi connectivity index (χ0n) is 9.76. The summed E-state index contributed by atoms with van der Waals surface area (Å²) in [6.07, 6.45) is 1.01. The molecular formula is C11H11ClN4OS. The van der Waals surface area contributed by atoms with E-state index in [9.17, 15) is 0 Å². The number of hydrogen-bond acceptors (Lipinski definition) is 6. The summed E-state index contributed by atoms with van der Waals surface area (Å²) in [5.74, 6) is 0.573. The molecule has 0 unspecified atom stereocenters. The first-order chi connectivity index (χ1) is 8.76. The molecule has 7 heteroatoms. The average molecular weight is 283 g/mol. The predicted octanol–water partition coefficient (Wildman–Crippen LogP) is 2.16. The standard InChI is InChI=1S/C11H11ClN4OS/c1-17-11-14-9(12)13-10(15-11)16-4-2-8-7(6-16)3-5-18-8/h3,5H,2,4,6H2,1H3. The smallest absolute Gasteiger partial charge is 0.322 e. The summed E-state index contributed by atoms with van der Waals surface area (Å²) >= 11 is 7.66. The molecule has 1 aliphatic rings. The molecule has 2 aromatic heterocycles. The second kappa shape index (κ2) is 4.70. The monoisotopic (exact) mass is 282 g/mol. The Kier molecular flexibility index (Phi) is 3.05. The number of fused-ring (bicyclic) bond motifs is 1. The Morgan fingerprint density at radius 2 is 2.28 bits per heavy atom. The van der Waals surface area contributed by atoms with Gasteiger partial charge in [-0.3, -0.25) is 0 Å². The van der Waals surface area contributed by atoms with E-state index in [-0.39, 0.29) is 11.3 Å². The van der Waals surface area contributed by atoms with E-state index in [4.69, 9.17) is 16.3 Å². The van der Waals surface area contributed by atoms with Crippen molar-refractivity contribution in [3.05, 3.63) is 27.2 Å². The molecule has 0 radical (unpaired) electrons. The van der Waals surface area contributed by atoms with E-state index < -0.39 is 0 Å². The first-order valence-corrected chi connectivity index (χ1v) is 6.78. The van der Waals surface area contributed by atoms with Crippen LogP contribution in [0.25, 0.3) is 0 Å². The van der Waals surface area contributed by atoms with Gasteiger partial charge < -0.3 is 9.64 Å². The second-order valence-electron chi connectivity index (χ2n) is 3.93. The van der Waals surface area contributed by atoms with Crippen molar-refractivity contribution in [2.75, 3.05) is 18.6 Å². The van der Waals surface area contributed by atoms with Gasteiger partial charge in [0.25, 0.3) is 0 Å². The predicted molar refractivity (Wildman–Crippen MR) is 70.5 cm³/mol. The van der Waals surface area contributed by atoms with Gasteiger partial charge in [0.05, 0.1) is 7.11 Å². The van der Waals surface area contributed by atoms with Crippen molar-refractivity contribution >= 4 is 28.9 Å². The van der Waals surface area contributed by atoms with Crippen LogP contribution in [0, 0.1) is 0 Å². The van der Waals surface area contributed by atoms with Crippen molar-refractivity contribution in [1.29, 1.82) is 0 Å². The number of methoxy groups -OCH3 is 1. The van der Waals surface area contributed by atoms with Gasteiger partial charge in [-0.25, -0.2) is 0 Å². The Bertz CT molecular complexity index is 574. The maximum Gasteiger partial charge on any atom is 0.322 e. The van der Waals surface area contributed by atoms with E-state index in [0.29, 0.717) is 5.95 Å². The molecule has 0 atom stereocenters. The van der Waals surface area contributed by atoms with Gasteiger partial charge in [0.2, 0.25) is 11.2 Å². The van der Waals surface area contributed by atoms with Crippen molar-refractivity contribution < 1.29 is 4.74 Å². The Morgan fingerprint density at radius 3 is 3.11 bits per heavy atom. The third-order valence-electron chi connectivity index (χ3n) is 2.85. The molecule has 0 saturated heterocycles. The number of nitrogens with zero attached hydrogens (tertiary/aromatic N) is 4. The molecule has 3 rings (SSSR count). The maximum atomic E-state index is 5.86. The molecule has 94 valence electrons. The molecule has 1 aliphatic heterocycles. The lowest BCUT2D eigenvalue weighted by atomic mass is 10.1. The molecule has 3 heterocycles. The van der Waals surface area contributed by atoms with Gasteiger partial charge in [0.1, 0.15) is 0 Å². The highest BCUT2D eigenvalue weighted by Crippen LogP contribution is 2.26. The van der Waals surface area contributed by atoms with Gasteiger partial charge >= 0.3 is 6.01 Å². The Balaban J connectivity index is 1.90. The number of rotatable bonds is 2. The SMILES string of the molecule is COc1nc(Cl)nc(N2CCc3sccc3C2)n1. The molecule has 5 nitrogen and oxygen atoms in total. The largest absolute Gasteiger partial charge is 0.467 e. The molecule has 0 saturated carbocycles. The lowest BCUT2D eigenvalue weighted by Crippen LogP contribution is -2.31. The van der Waals surface area contributed by atoms with Gasteiger partial charge in [-0.05, 0) is 35.0 Å². The summed E-state index contributed by atoms with van der Waals surface area (Å²) in [6, 6.07) is 2.40. The Labute approximate surface area is 113 Å². The fourth-order valence-electron chi connectivity index (χ4n) is 1.97. The zero-order valence-corrected chi connectivity index (χ0v) is 11.3. The molecule has 0 spiro atoms. The van der Waals surface area contributed by atoms with Gasteiger partial charge in [0.15, 0.2) is 0 Å². The van der Waals surface area contributed by atoms with Crippen molar-refractivity contribution in [3.8, 4) is 6.01 Å². The molecule has 0 fully saturated rings. The van der Waals surface area contributed by atoms with Crippen LogP contribution in [-0.4, -0.2) is 28.6 Å². The summed E-state index contributed by atoms with van der Waals surface area (Å²) in [7, 11) is 1.52. The van der Waals surface area contributed by atoms with Crippen LogP contribution in [0.5, 0.6) is 6.01 Å². The minimum absolute atomic E-state index is 0.160. The lowest BCUT2D eigenvalue weighted by molar-refractivity contribution is 0.377. The highest BCUT2D eigenvalue weighted by atomic mass is 35.5. The summed E-state index contributed by atoms with van der Waals surface area (Å²) in [6.45, 7) is 1.69. The van der Waals surface area contributed by atoms with Crippen LogP contribution in [0.2, 0.25) is 5.28 Å². The number of thiophene rings is 1. The lowest BCUT2D eigenvalue weighted by Gasteiger charge is -2.26. The van der Waals surface area contributed by atoms with Crippen molar-refractivity contribution in [2.24, 2.45) is 0 Å². The first kappa shape index (κ1) is 11.7. The number of anilines is 1. The van der Waals surface area contributed by atoms with Crippen LogP contribution in [0.4, 0.5) is 5.95 Å². The van der Waals surface area contributed by atoms with E-state index >= 15 is 0 Å². The highest BCUT2D eigenvalue weighted by Gasteiger charge is 2.20. The first-order valence-electron chi connectivity index (χ1n) is 5.52. The highest BCUT2D eigenvalue weighted by molar-refractivity contribution is 7.10. The Morgan fingerprint density at radius 1 is 1.39 bits per heavy atom. The molecule has 0 aliphatic carbocycles. The summed E-state index contributed by atoms with van der Waals surface area (Å²) < 4.78 is 5.01. The zero-order chi connectivity index (χ0) is 12.5. The minimum atomic E-state index is 0.160. The van der Waals surface area contributed by atoms with Crippen LogP contribution >= 0.6 is 22.9 Å². The third kappa shape index (κ3) is 2.13. The minimum Gasteiger partial charge on any atom is -0.467 e. The second-order valence-corrected chi connectivity index (χ2v) is 5.27. The summed E-state index contributed by atoms with van der Waals surface area (Å²) in [5.41, 5.74) is 1.33. The molecule has 0 aromatic carbocycles. The van der Waals surface area contributed by atoms with E-state index in [1.54, 1.807) is 11.3 Å². The summed E-state index contributed by atoms with van der Waals surface area (Å²) in [5, 5.41) is 2.28. The van der Waals surface area contributed by atoms with Crippen molar-refractivity contribution in [2.45, 2.75) is 13.0 Å². The van der Waals surface area contributed by atoms with Crippen LogP contribution in [-0.2, 0) is 13.0 Å². The molecule has 0 amide bonds. The van der Waals surface area contributed by atoms with Gasteiger partial charge in [-0.2, -0.15) is 15.0 Å². The van der Waals surface area contributed by atoms with Crippen molar-refractivity contribution in [3.63, 3.8) is 0 Å². The van der Waals surface area contributed by atoms with Crippen LogP contribution in [0.1, 0.15) is 10.4 Å². The number of hydrogen-bond donors (Lipinski definition) is 0. The number of aromatic nitrogens is 3. The van der Waals surface area contributed by atoms with E-state index in [1.165, 1.54) is 17.6 Å². The van der Waals surface area contributed by atoms with Gasteiger partial charge in [-0.15, -0.1) is 11.3 Å². The normalized spacial score (nSPS) is 14.4. The number of halogens is 1. The van der Waals surface area contributed by atoms with Crippen LogP contribution < -0.4 is 9.64 Å². The molecule has 0 bridgehead atoms. The maximum absolute atomic E-state index is 5.86. The number of ether oxygens (including phenoxy) is 1. The summed E-state index contributed by atoms with van der Waals surface area (Å²) in [4.78, 5) is 15.8. The van der Waals surface area contributed by atoms with Crippen molar-refractivity contribution in [1.82, 2.24) is 15.0 Å². The topological polar surface area (TPSA) is 51.1 Å². The quantitative estimate of drug-likeness (QED) is 0.845. The molecule has 2 aromatic rings. The van der Waals surface area contributed by atoms with Crippen LogP contribution in [0.15, 0.2) is 11.4 Å². The third-order valence-corrected chi connectivity index (χ3v) is 4.04. The van der Waals surface area contributed by atoms with E-state index in [0.717, 1.165) is 19.5 Å². The average Bonchev–Trinajstić information content (AvgIpc) is 2.85. The van der Waals surface area contributed by atoms with Crippen LogP contribution in [0.3, 0.4) is 0 Å². The molecule has 18 heavy (non-hydrogen) atoms. The molecule has 0 N–H and O–H groups in total. The van der Waals surface area contributed by atoms with E-state index in [2.05, 4.69) is 31.3 Å². The Hall–Kier alpha value is -1.40. The fraction of sp³-hybridized carbons (Fsp3) is 0.364. The van der Waals surface area contributed by atoms with Gasteiger partial charge in [-0.1, -0.05) is 0 Å². The van der Waals surface area contributed by atoms with Gasteiger partial charge in [0, 0.05) is 18.0 Å².